The first-order valence-corrected chi connectivity index (χ1v) is 10.8. The second kappa shape index (κ2) is 7.40. The first-order chi connectivity index (χ1) is 13.5. The standard InChI is InChI=1S/C20H22N2O6S/c1-12-11-21(20(24)25)17-9-16(14-5-7-15(8-6-14)29(4,26)27)19(28-3)10-18(17)22(12)13(2)23/h5-10,12H,11H2,1-4H3,(H,24,25)/t12-/m0/s1. The Kier molecular flexibility index (Phi) is 5.27. The van der Waals surface area contributed by atoms with Gasteiger partial charge in [-0.1, -0.05) is 12.1 Å². The van der Waals surface area contributed by atoms with E-state index < -0.39 is 15.9 Å². The fourth-order valence-corrected chi connectivity index (χ4v) is 4.22. The maximum Gasteiger partial charge on any atom is 0.411 e. The Morgan fingerprint density at radius 3 is 2.24 bits per heavy atom. The molecule has 0 radical (unpaired) electrons. The third-order valence-electron chi connectivity index (χ3n) is 4.90. The van der Waals surface area contributed by atoms with E-state index in [9.17, 15) is 23.1 Å². The average molecular weight is 418 g/mol. The zero-order chi connectivity index (χ0) is 21.5. The minimum atomic E-state index is -3.34. The highest BCUT2D eigenvalue weighted by Gasteiger charge is 2.34. The molecule has 0 aliphatic carbocycles. The van der Waals surface area contributed by atoms with Gasteiger partial charge in [-0.05, 0) is 30.7 Å². The second-order valence-electron chi connectivity index (χ2n) is 6.97. The zero-order valence-corrected chi connectivity index (χ0v) is 17.4. The Morgan fingerprint density at radius 1 is 1.14 bits per heavy atom. The number of fused-ring (bicyclic) bond motifs is 1. The van der Waals surface area contributed by atoms with Crippen LogP contribution in [-0.2, 0) is 14.6 Å². The van der Waals surface area contributed by atoms with Crippen LogP contribution in [0.25, 0.3) is 11.1 Å². The number of rotatable bonds is 3. The van der Waals surface area contributed by atoms with Crippen LogP contribution in [0.5, 0.6) is 5.75 Å². The lowest BCUT2D eigenvalue weighted by Gasteiger charge is -2.40. The summed E-state index contributed by atoms with van der Waals surface area (Å²) in [5, 5.41) is 9.67. The Hall–Kier alpha value is -3.07. The van der Waals surface area contributed by atoms with Gasteiger partial charge in [0.25, 0.3) is 0 Å². The number of benzene rings is 2. The normalized spacial score (nSPS) is 16.3. The number of anilines is 2. The number of carbonyl (C=O) groups excluding carboxylic acids is 1. The molecule has 0 saturated carbocycles. The summed E-state index contributed by atoms with van der Waals surface area (Å²) in [5.41, 5.74) is 2.08. The molecule has 2 aromatic carbocycles. The summed E-state index contributed by atoms with van der Waals surface area (Å²) in [6.45, 7) is 3.35. The summed E-state index contributed by atoms with van der Waals surface area (Å²) < 4.78 is 28.9. The first kappa shape index (κ1) is 20.7. The van der Waals surface area contributed by atoms with Crippen molar-refractivity contribution in [3.05, 3.63) is 36.4 Å². The minimum Gasteiger partial charge on any atom is -0.496 e. The largest absolute Gasteiger partial charge is 0.496 e. The van der Waals surface area contributed by atoms with E-state index in [2.05, 4.69) is 0 Å². The van der Waals surface area contributed by atoms with Gasteiger partial charge in [-0.25, -0.2) is 13.2 Å². The van der Waals surface area contributed by atoms with Crippen molar-refractivity contribution in [1.82, 2.24) is 0 Å². The molecule has 9 heteroatoms. The van der Waals surface area contributed by atoms with E-state index in [-0.39, 0.29) is 23.4 Å². The second-order valence-corrected chi connectivity index (χ2v) is 8.98. The van der Waals surface area contributed by atoms with E-state index in [4.69, 9.17) is 4.74 Å². The van der Waals surface area contributed by atoms with Crippen LogP contribution in [0.3, 0.4) is 0 Å². The Morgan fingerprint density at radius 2 is 1.76 bits per heavy atom. The van der Waals surface area contributed by atoms with Gasteiger partial charge in [-0.15, -0.1) is 0 Å². The van der Waals surface area contributed by atoms with E-state index in [0.717, 1.165) is 6.26 Å². The molecule has 2 aromatic rings. The summed E-state index contributed by atoms with van der Waals surface area (Å²) in [5.74, 6) is 0.248. The lowest BCUT2D eigenvalue weighted by molar-refractivity contribution is -0.117. The summed E-state index contributed by atoms with van der Waals surface area (Å²) in [7, 11) is -1.85. The van der Waals surface area contributed by atoms with Gasteiger partial charge in [-0.2, -0.15) is 0 Å². The maximum atomic E-state index is 12.2. The molecule has 1 aliphatic rings. The van der Waals surface area contributed by atoms with Crippen molar-refractivity contribution in [2.75, 3.05) is 29.7 Å². The molecule has 154 valence electrons. The highest BCUT2D eigenvalue weighted by molar-refractivity contribution is 7.90. The van der Waals surface area contributed by atoms with Crippen LogP contribution in [0.15, 0.2) is 41.3 Å². The molecule has 8 nitrogen and oxygen atoms in total. The highest BCUT2D eigenvalue weighted by Crippen LogP contribution is 2.44. The molecule has 1 heterocycles. The fourth-order valence-electron chi connectivity index (χ4n) is 3.59. The maximum absolute atomic E-state index is 12.2. The number of sulfone groups is 1. The number of hydrogen-bond acceptors (Lipinski definition) is 5. The summed E-state index contributed by atoms with van der Waals surface area (Å²) in [4.78, 5) is 27.0. The first-order valence-electron chi connectivity index (χ1n) is 8.87. The molecule has 2 amide bonds. The number of hydrogen-bond donors (Lipinski definition) is 1. The molecule has 29 heavy (non-hydrogen) atoms. The van der Waals surface area contributed by atoms with Crippen LogP contribution in [0.4, 0.5) is 16.2 Å². The van der Waals surface area contributed by atoms with Gasteiger partial charge in [0.2, 0.25) is 5.91 Å². The summed E-state index contributed by atoms with van der Waals surface area (Å²) >= 11 is 0. The smallest absolute Gasteiger partial charge is 0.411 e. The SMILES string of the molecule is COc1cc2c(cc1-c1ccc(S(C)(=O)=O)cc1)N(C(=O)O)C[C@H](C)N2C(C)=O. The molecule has 1 atom stereocenters. The van der Waals surface area contributed by atoms with Crippen LogP contribution in [-0.4, -0.2) is 51.5 Å². The molecule has 0 saturated heterocycles. The van der Waals surface area contributed by atoms with Crippen molar-refractivity contribution in [2.24, 2.45) is 0 Å². The number of carbonyl (C=O) groups is 2. The minimum absolute atomic E-state index is 0.140. The van der Waals surface area contributed by atoms with E-state index in [1.54, 1.807) is 36.1 Å². The van der Waals surface area contributed by atoms with Gasteiger partial charge in [0.05, 0.1) is 29.4 Å². The molecule has 0 aromatic heterocycles. The highest BCUT2D eigenvalue weighted by atomic mass is 32.2. The Bertz CT molecular complexity index is 1080. The molecule has 0 bridgehead atoms. The molecule has 0 unspecified atom stereocenters. The van der Waals surface area contributed by atoms with Gasteiger partial charge in [0.1, 0.15) is 5.75 Å². The molecular formula is C20H22N2O6S. The third kappa shape index (κ3) is 3.77. The van der Waals surface area contributed by atoms with Crippen LogP contribution >= 0.6 is 0 Å². The number of methoxy groups -OCH3 is 1. The Labute approximate surface area is 169 Å². The predicted octanol–water partition coefficient (Wildman–Crippen LogP) is 3.01. The number of amides is 2. The molecule has 1 N–H and O–H groups in total. The van der Waals surface area contributed by atoms with Crippen LogP contribution in [0.1, 0.15) is 13.8 Å². The van der Waals surface area contributed by atoms with Crippen molar-refractivity contribution in [3.63, 3.8) is 0 Å². The van der Waals surface area contributed by atoms with Gasteiger partial charge >= 0.3 is 6.09 Å². The van der Waals surface area contributed by atoms with E-state index in [1.165, 1.54) is 31.1 Å². The van der Waals surface area contributed by atoms with Crippen molar-refractivity contribution >= 4 is 33.2 Å². The number of nitrogens with zero attached hydrogens (tertiary/aromatic N) is 2. The molecule has 1 aliphatic heterocycles. The number of ether oxygens (including phenoxy) is 1. The van der Waals surface area contributed by atoms with Crippen LogP contribution in [0, 0.1) is 0 Å². The lowest BCUT2D eigenvalue weighted by atomic mass is 9.99. The number of carboxylic acid groups (broad SMARTS) is 1. The summed E-state index contributed by atoms with van der Waals surface area (Å²) in [6.07, 6.45) is 0.00819. The van der Waals surface area contributed by atoms with Crippen LogP contribution < -0.4 is 14.5 Å². The third-order valence-corrected chi connectivity index (χ3v) is 6.03. The van der Waals surface area contributed by atoms with Crippen molar-refractivity contribution < 1.29 is 27.9 Å². The monoisotopic (exact) mass is 418 g/mol. The van der Waals surface area contributed by atoms with Crippen molar-refractivity contribution in [1.29, 1.82) is 0 Å². The van der Waals surface area contributed by atoms with Gasteiger partial charge in [0, 0.05) is 31.4 Å². The average Bonchev–Trinajstić information content (AvgIpc) is 2.65. The van der Waals surface area contributed by atoms with Crippen molar-refractivity contribution in [3.8, 4) is 16.9 Å². The van der Waals surface area contributed by atoms with Gasteiger partial charge in [-0.3, -0.25) is 9.69 Å². The zero-order valence-electron chi connectivity index (χ0n) is 16.5. The molecular weight excluding hydrogens is 396 g/mol. The summed E-state index contributed by atoms with van der Waals surface area (Å²) in [6, 6.07) is 9.22. The van der Waals surface area contributed by atoms with E-state index in [1.807, 2.05) is 0 Å². The molecule has 0 fully saturated rings. The fraction of sp³-hybridized carbons (Fsp3) is 0.300. The van der Waals surface area contributed by atoms with Gasteiger partial charge < -0.3 is 14.7 Å². The lowest BCUT2D eigenvalue weighted by Crippen LogP contribution is -2.51. The van der Waals surface area contributed by atoms with Crippen molar-refractivity contribution in [2.45, 2.75) is 24.8 Å². The quantitative estimate of drug-likeness (QED) is 0.822. The topological polar surface area (TPSA) is 104 Å². The Balaban J connectivity index is 2.22. The molecule has 3 rings (SSSR count). The predicted molar refractivity (Wildman–Crippen MR) is 110 cm³/mol. The van der Waals surface area contributed by atoms with E-state index in [0.29, 0.717) is 28.3 Å². The van der Waals surface area contributed by atoms with E-state index >= 15 is 0 Å². The van der Waals surface area contributed by atoms with Gasteiger partial charge in [0.15, 0.2) is 9.84 Å². The van der Waals surface area contributed by atoms with Crippen LogP contribution in [0.2, 0.25) is 0 Å². The molecule has 0 spiro atoms.